The standard InChI is InChI=1S/C9H16O3/c1-3-5-8(7-10)6-9(11)12-4-2/h7-8H,3-6H2,1-2H3/t8-/m1/s1. The van der Waals surface area contributed by atoms with Gasteiger partial charge in [0.2, 0.25) is 0 Å². The number of hydrogen-bond acceptors (Lipinski definition) is 3. The first-order valence-corrected chi connectivity index (χ1v) is 4.35. The van der Waals surface area contributed by atoms with Crippen LogP contribution in [0.4, 0.5) is 0 Å². The van der Waals surface area contributed by atoms with Gasteiger partial charge in [-0.15, -0.1) is 0 Å². The van der Waals surface area contributed by atoms with E-state index in [2.05, 4.69) is 0 Å². The van der Waals surface area contributed by atoms with Crippen molar-refractivity contribution in [3.8, 4) is 0 Å². The Balaban J connectivity index is 3.68. The first-order valence-electron chi connectivity index (χ1n) is 4.35. The number of hydrogen-bond donors (Lipinski definition) is 0. The van der Waals surface area contributed by atoms with Crippen molar-refractivity contribution in [1.29, 1.82) is 0 Å². The highest BCUT2D eigenvalue weighted by Crippen LogP contribution is 2.08. The minimum absolute atomic E-state index is 0.158. The van der Waals surface area contributed by atoms with E-state index in [1.54, 1.807) is 6.92 Å². The summed E-state index contributed by atoms with van der Waals surface area (Å²) in [6, 6.07) is 0. The van der Waals surface area contributed by atoms with Crippen LogP contribution in [-0.4, -0.2) is 18.9 Å². The smallest absolute Gasteiger partial charge is 0.306 e. The van der Waals surface area contributed by atoms with Gasteiger partial charge in [-0.3, -0.25) is 4.79 Å². The number of aldehydes is 1. The van der Waals surface area contributed by atoms with Crippen LogP contribution in [0.25, 0.3) is 0 Å². The van der Waals surface area contributed by atoms with Crippen LogP contribution in [0.5, 0.6) is 0 Å². The number of carbonyl (C=O) groups excluding carboxylic acids is 2. The molecule has 3 nitrogen and oxygen atoms in total. The molecular formula is C9H16O3. The molecule has 1 atom stereocenters. The lowest BCUT2D eigenvalue weighted by atomic mass is 10.0. The van der Waals surface area contributed by atoms with Gasteiger partial charge in [-0.25, -0.2) is 0 Å². The summed E-state index contributed by atoms with van der Waals surface area (Å²) in [6.45, 7) is 4.13. The summed E-state index contributed by atoms with van der Waals surface area (Å²) in [6.07, 6.45) is 2.75. The zero-order valence-corrected chi connectivity index (χ0v) is 7.71. The Labute approximate surface area is 73.1 Å². The van der Waals surface area contributed by atoms with E-state index in [1.165, 1.54) is 0 Å². The van der Waals surface area contributed by atoms with Crippen molar-refractivity contribution in [3.63, 3.8) is 0 Å². The third-order valence-electron chi connectivity index (χ3n) is 1.59. The van der Waals surface area contributed by atoms with Gasteiger partial charge in [-0.05, 0) is 13.3 Å². The van der Waals surface area contributed by atoms with Gasteiger partial charge < -0.3 is 9.53 Å². The van der Waals surface area contributed by atoms with Crippen molar-refractivity contribution in [2.24, 2.45) is 5.92 Å². The maximum absolute atomic E-state index is 10.9. The molecule has 0 amide bonds. The van der Waals surface area contributed by atoms with Gasteiger partial charge >= 0.3 is 5.97 Å². The third-order valence-corrected chi connectivity index (χ3v) is 1.59. The molecule has 70 valence electrons. The summed E-state index contributed by atoms with van der Waals surface area (Å²) in [7, 11) is 0. The molecule has 0 N–H and O–H groups in total. The minimum Gasteiger partial charge on any atom is -0.466 e. The fraction of sp³-hybridized carbons (Fsp3) is 0.778. The van der Waals surface area contributed by atoms with Crippen molar-refractivity contribution in [1.82, 2.24) is 0 Å². The quantitative estimate of drug-likeness (QED) is 0.451. The summed E-state index contributed by atoms with van der Waals surface area (Å²) in [5, 5.41) is 0. The van der Waals surface area contributed by atoms with Crippen LogP contribution in [0.1, 0.15) is 33.1 Å². The van der Waals surface area contributed by atoms with E-state index in [0.717, 1.165) is 19.1 Å². The van der Waals surface area contributed by atoms with Crippen molar-refractivity contribution in [2.75, 3.05) is 6.61 Å². The highest BCUT2D eigenvalue weighted by atomic mass is 16.5. The molecule has 0 aromatic heterocycles. The summed E-state index contributed by atoms with van der Waals surface area (Å²) in [4.78, 5) is 21.3. The molecule has 0 fully saturated rings. The first-order chi connectivity index (χ1) is 5.74. The molecule has 0 aromatic carbocycles. The fourth-order valence-corrected chi connectivity index (χ4v) is 1.02. The first kappa shape index (κ1) is 11.1. The van der Waals surface area contributed by atoms with Gasteiger partial charge in [0.15, 0.2) is 0 Å². The van der Waals surface area contributed by atoms with E-state index in [0.29, 0.717) is 6.61 Å². The average Bonchev–Trinajstić information content (AvgIpc) is 2.04. The van der Waals surface area contributed by atoms with E-state index in [1.807, 2.05) is 6.92 Å². The van der Waals surface area contributed by atoms with Crippen LogP contribution in [0.3, 0.4) is 0 Å². The van der Waals surface area contributed by atoms with Crippen molar-refractivity contribution < 1.29 is 14.3 Å². The fourth-order valence-electron chi connectivity index (χ4n) is 1.02. The Bertz CT molecular complexity index is 143. The third kappa shape index (κ3) is 4.88. The topological polar surface area (TPSA) is 43.4 Å². The summed E-state index contributed by atoms with van der Waals surface area (Å²) in [5.41, 5.74) is 0. The largest absolute Gasteiger partial charge is 0.466 e. The number of ether oxygens (including phenoxy) is 1. The van der Waals surface area contributed by atoms with E-state index < -0.39 is 0 Å². The van der Waals surface area contributed by atoms with Crippen molar-refractivity contribution in [2.45, 2.75) is 33.1 Å². The molecule has 0 spiro atoms. The summed E-state index contributed by atoms with van der Waals surface area (Å²) in [5.74, 6) is -0.433. The Morgan fingerprint density at radius 1 is 1.50 bits per heavy atom. The lowest BCUT2D eigenvalue weighted by Gasteiger charge is -2.06. The van der Waals surface area contributed by atoms with E-state index >= 15 is 0 Å². The van der Waals surface area contributed by atoms with Crippen molar-refractivity contribution in [3.05, 3.63) is 0 Å². The molecule has 0 radical (unpaired) electrons. The van der Waals surface area contributed by atoms with Crippen LogP contribution >= 0.6 is 0 Å². The molecule has 0 aliphatic carbocycles. The molecule has 0 rings (SSSR count). The van der Waals surface area contributed by atoms with Crippen molar-refractivity contribution >= 4 is 12.3 Å². The van der Waals surface area contributed by atoms with Gasteiger partial charge in [0.25, 0.3) is 0 Å². The highest BCUT2D eigenvalue weighted by molar-refractivity contribution is 5.73. The van der Waals surface area contributed by atoms with Gasteiger partial charge in [0.1, 0.15) is 6.29 Å². The molecule has 0 unspecified atom stereocenters. The zero-order valence-electron chi connectivity index (χ0n) is 7.71. The molecule has 12 heavy (non-hydrogen) atoms. The predicted molar refractivity (Wildman–Crippen MR) is 45.7 cm³/mol. The molecule has 0 aliphatic heterocycles. The van der Waals surface area contributed by atoms with Crippen LogP contribution in [-0.2, 0) is 14.3 Å². The van der Waals surface area contributed by atoms with E-state index in [4.69, 9.17) is 4.74 Å². The lowest BCUT2D eigenvalue weighted by Crippen LogP contribution is -2.12. The normalized spacial score (nSPS) is 12.2. The predicted octanol–water partition coefficient (Wildman–Crippen LogP) is 1.55. The van der Waals surface area contributed by atoms with Crippen LogP contribution in [0, 0.1) is 5.92 Å². The van der Waals surface area contributed by atoms with E-state index in [9.17, 15) is 9.59 Å². The Morgan fingerprint density at radius 3 is 2.58 bits per heavy atom. The molecule has 0 aromatic rings. The second kappa shape index (κ2) is 6.83. The van der Waals surface area contributed by atoms with Crippen LogP contribution in [0.2, 0.25) is 0 Å². The summed E-state index contributed by atoms with van der Waals surface area (Å²) < 4.78 is 4.72. The zero-order chi connectivity index (χ0) is 9.40. The Morgan fingerprint density at radius 2 is 2.17 bits per heavy atom. The number of esters is 1. The van der Waals surface area contributed by atoms with Gasteiger partial charge in [0, 0.05) is 5.92 Å². The number of carbonyl (C=O) groups is 2. The Kier molecular flexibility index (Phi) is 6.34. The molecule has 0 aliphatic rings. The van der Waals surface area contributed by atoms with Crippen LogP contribution in [0.15, 0.2) is 0 Å². The van der Waals surface area contributed by atoms with E-state index in [-0.39, 0.29) is 18.3 Å². The van der Waals surface area contributed by atoms with Crippen LogP contribution < -0.4 is 0 Å². The molecule has 3 heteroatoms. The number of rotatable bonds is 6. The molecule has 0 saturated heterocycles. The van der Waals surface area contributed by atoms with Gasteiger partial charge in [-0.2, -0.15) is 0 Å². The molecule has 0 saturated carbocycles. The maximum atomic E-state index is 10.9. The molecule has 0 bridgehead atoms. The second-order valence-electron chi connectivity index (χ2n) is 2.69. The molecular weight excluding hydrogens is 156 g/mol. The average molecular weight is 172 g/mol. The second-order valence-corrected chi connectivity index (χ2v) is 2.69. The highest BCUT2D eigenvalue weighted by Gasteiger charge is 2.12. The monoisotopic (exact) mass is 172 g/mol. The lowest BCUT2D eigenvalue weighted by molar-refractivity contribution is -0.145. The summed E-state index contributed by atoms with van der Waals surface area (Å²) >= 11 is 0. The SMILES string of the molecule is CCC[C@@H](C=O)CC(=O)OCC. The molecule has 0 heterocycles. The Hall–Kier alpha value is -0.860. The minimum atomic E-state index is -0.275. The van der Waals surface area contributed by atoms with Gasteiger partial charge in [0.05, 0.1) is 13.0 Å². The maximum Gasteiger partial charge on any atom is 0.306 e. The van der Waals surface area contributed by atoms with Gasteiger partial charge in [-0.1, -0.05) is 13.3 Å².